The highest BCUT2D eigenvalue weighted by molar-refractivity contribution is 7.86. The second-order valence-electron chi connectivity index (χ2n) is 6.12. The number of pyridine rings is 1. The SMILES string of the molecule is CC1(C)CC(CNc2nc(OS(C)(=O)=O)ccc2F)CCO1. The van der Waals surface area contributed by atoms with Crippen LogP contribution in [0.15, 0.2) is 12.1 Å². The van der Waals surface area contributed by atoms with E-state index in [9.17, 15) is 12.8 Å². The number of ether oxygens (including phenoxy) is 1. The molecule has 0 saturated carbocycles. The van der Waals surface area contributed by atoms with Crippen LogP contribution in [0, 0.1) is 11.7 Å². The minimum atomic E-state index is -3.69. The van der Waals surface area contributed by atoms with Crippen LogP contribution < -0.4 is 9.50 Å². The first kappa shape index (κ1) is 17.0. The molecule has 2 heterocycles. The molecule has 124 valence electrons. The Hall–Kier alpha value is -1.41. The van der Waals surface area contributed by atoms with E-state index in [4.69, 9.17) is 4.74 Å². The highest BCUT2D eigenvalue weighted by Gasteiger charge is 2.28. The van der Waals surface area contributed by atoms with Crippen molar-refractivity contribution in [2.75, 3.05) is 24.7 Å². The average Bonchev–Trinajstić information content (AvgIpc) is 2.36. The van der Waals surface area contributed by atoms with Crippen LogP contribution in [0.3, 0.4) is 0 Å². The van der Waals surface area contributed by atoms with Gasteiger partial charge in [0, 0.05) is 19.2 Å². The molecule has 0 bridgehead atoms. The Bertz CT molecular complexity index is 634. The third kappa shape index (κ3) is 5.10. The fourth-order valence-electron chi connectivity index (χ4n) is 2.52. The molecule has 1 aliphatic rings. The van der Waals surface area contributed by atoms with Gasteiger partial charge >= 0.3 is 10.1 Å². The predicted octanol–water partition coefficient (Wildman–Crippen LogP) is 2.18. The number of hydrogen-bond donors (Lipinski definition) is 1. The normalized spacial score (nSPS) is 21.4. The number of nitrogens with zero attached hydrogens (tertiary/aromatic N) is 1. The second-order valence-corrected chi connectivity index (χ2v) is 7.69. The van der Waals surface area contributed by atoms with Gasteiger partial charge in [-0.05, 0) is 38.7 Å². The van der Waals surface area contributed by atoms with E-state index in [0.717, 1.165) is 25.2 Å². The Morgan fingerprint density at radius 1 is 1.50 bits per heavy atom. The fraction of sp³-hybridized carbons (Fsp3) is 0.643. The molecule has 1 aromatic heterocycles. The van der Waals surface area contributed by atoms with Crippen molar-refractivity contribution in [3.05, 3.63) is 17.9 Å². The molecule has 0 aliphatic carbocycles. The van der Waals surface area contributed by atoms with Crippen molar-refractivity contribution in [3.63, 3.8) is 0 Å². The quantitative estimate of drug-likeness (QED) is 0.833. The molecule has 1 N–H and O–H groups in total. The molecule has 22 heavy (non-hydrogen) atoms. The molecule has 1 aromatic rings. The summed E-state index contributed by atoms with van der Waals surface area (Å²) in [4.78, 5) is 3.86. The Morgan fingerprint density at radius 3 is 2.86 bits per heavy atom. The summed E-state index contributed by atoms with van der Waals surface area (Å²) in [5.41, 5.74) is -0.183. The van der Waals surface area contributed by atoms with Crippen LogP contribution in [0.2, 0.25) is 0 Å². The molecular weight excluding hydrogens is 311 g/mol. The van der Waals surface area contributed by atoms with Gasteiger partial charge in [0.1, 0.15) is 0 Å². The summed E-state index contributed by atoms with van der Waals surface area (Å²) >= 11 is 0. The number of anilines is 1. The first-order valence-electron chi connectivity index (χ1n) is 7.08. The molecule has 2 rings (SSSR count). The maximum atomic E-state index is 13.8. The first-order valence-corrected chi connectivity index (χ1v) is 8.90. The van der Waals surface area contributed by atoms with E-state index in [1.807, 2.05) is 13.8 Å². The zero-order valence-corrected chi connectivity index (χ0v) is 13.7. The molecule has 6 nitrogen and oxygen atoms in total. The maximum Gasteiger partial charge on any atom is 0.307 e. The number of hydrogen-bond acceptors (Lipinski definition) is 6. The molecule has 0 spiro atoms. The Morgan fingerprint density at radius 2 is 2.23 bits per heavy atom. The lowest BCUT2D eigenvalue weighted by Crippen LogP contribution is -2.36. The van der Waals surface area contributed by atoms with Crippen LogP contribution in [0.1, 0.15) is 26.7 Å². The van der Waals surface area contributed by atoms with Gasteiger partial charge in [-0.2, -0.15) is 13.4 Å². The molecule has 0 radical (unpaired) electrons. The summed E-state index contributed by atoms with van der Waals surface area (Å²) < 4.78 is 46.2. The standard InChI is InChI=1S/C14H21FN2O4S/c1-14(2)8-10(6-7-20-14)9-16-13-11(15)4-5-12(17-13)21-22(3,18)19/h4-5,10H,6-9H2,1-3H3,(H,16,17). The van der Waals surface area contributed by atoms with Crippen molar-refractivity contribution in [2.45, 2.75) is 32.3 Å². The predicted molar refractivity (Wildman–Crippen MR) is 80.9 cm³/mol. The lowest BCUT2D eigenvalue weighted by atomic mass is 9.88. The highest BCUT2D eigenvalue weighted by Crippen LogP contribution is 2.29. The Balaban J connectivity index is 2.01. The minimum absolute atomic E-state index is 0.00884. The zero-order valence-electron chi connectivity index (χ0n) is 12.9. The lowest BCUT2D eigenvalue weighted by Gasteiger charge is -2.35. The molecule has 1 aliphatic heterocycles. The summed E-state index contributed by atoms with van der Waals surface area (Å²) in [5.74, 6) is -0.374. The summed E-state index contributed by atoms with van der Waals surface area (Å²) in [6, 6.07) is 2.31. The largest absolute Gasteiger partial charge is 0.376 e. The van der Waals surface area contributed by atoms with E-state index in [-0.39, 0.29) is 17.3 Å². The summed E-state index contributed by atoms with van der Waals surface area (Å²) in [5, 5.41) is 2.93. The van der Waals surface area contributed by atoms with Gasteiger partial charge in [-0.1, -0.05) is 0 Å². The van der Waals surface area contributed by atoms with E-state index in [1.54, 1.807) is 0 Å². The van der Waals surface area contributed by atoms with Gasteiger partial charge in [-0.25, -0.2) is 4.39 Å². The number of halogens is 1. The monoisotopic (exact) mass is 332 g/mol. The smallest absolute Gasteiger partial charge is 0.307 e. The van der Waals surface area contributed by atoms with Crippen molar-refractivity contribution in [3.8, 4) is 5.88 Å². The number of rotatable bonds is 5. The fourth-order valence-corrected chi connectivity index (χ4v) is 2.93. The van der Waals surface area contributed by atoms with Crippen LogP contribution in [-0.4, -0.2) is 38.4 Å². The molecule has 1 fully saturated rings. The van der Waals surface area contributed by atoms with Gasteiger partial charge in [0.05, 0.1) is 11.9 Å². The van der Waals surface area contributed by atoms with Crippen LogP contribution in [0.5, 0.6) is 5.88 Å². The van der Waals surface area contributed by atoms with Gasteiger partial charge in [0.25, 0.3) is 0 Å². The molecule has 0 aromatic carbocycles. The minimum Gasteiger partial charge on any atom is -0.376 e. The second kappa shape index (κ2) is 6.37. The first-order chi connectivity index (χ1) is 10.1. The van der Waals surface area contributed by atoms with Crippen molar-refractivity contribution in [1.82, 2.24) is 4.98 Å². The van der Waals surface area contributed by atoms with E-state index >= 15 is 0 Å². The van der Waals surface area contributed by atoms with E-state index in [1.165, 1.54) is 6.07 Å². The van der Waals surface area contributed by atoms with Crippen LogP contribution in [0.4, 0.5) is 10.2 Å². The molecule has 0 amide bonds. The number of nitrogens with one attached hydrogen (secondary N) is 1. The summed E-state index contributed by atoms with van der Waals surface area (Å²) in [6.07, 6.45) is 2.66. The Labute approximate surface area is 130 Å². The van der Waals surface area contributed by atoms with Crippen molar-refractivity contribution in [1.29, 1.82) is 0 Å². The molecular formula is C14H21FN2O4S. The average molecular weight is 332 g/mol. The van der Waals surface area contributed by atoms with E-state index < -0.39 is 15.9 Å². The molecule has 1 saturated heterocycles. The highest BCUT2D eigenvalue weighted by atomic mass is 32.2. The van der Waals surface area contributed by atoms with Gasteiger partial charge in [0.2, 0.25) is 5.88 Å². The van der Waals surface area contributed by atoms with Gasteiger partial charge in [0.15, 0.2) is 11.6 Å². The Kier molecular flexibility index (Phi) is 4.91. The molecule has 1 atom stereocenters. The van der Waals surface area contributed by atoms with Gasteiger partial charge < -0.3 is 14.2 Å². The third-order valence-electron chi connectivity index (χ3n) is 3.41. The van der Waals surface area contributed by atoms with Crippen molar-refractivity contribution < 1.29 is 21.7 Å². The maximum absolute atomic E-state index is 13.8. The lowest BCUT2D eigenvalue weighted by molar-refractivity contribution is -0.0700. The van der Waals surface area contributed by atoms with Crippen molar-refractivity contribution in [2.24, 2.45) is 5.92 Å². The van der Waals surface area contributed by atoms with E-state index in [2.05, 4.69) is 14.5 Å². The zero-order chi connectivity index (χ0) is 16.4. The van der Waals surface area contributed by atoms with Crippen LogP contribution in [0.25, 0.3) is 0 Å². The van der Waals surface area contributed by atoms with Crippen molar-refractivity contribution >= 4 is 15.9 Å². The van der Waals surface area contributed by atoms with Gasteiger partial charge in [-0.15, -0.1) is 0 Å². The number of aromatic nitrogens is 1. The summed E-state index contributed by atoms with van der Waals surface area (Å²) in [6.45, 7) is 5.27. The third-order valence-corrected chi connectivity index (χ3v) is 3.89. The molecule has 8 heteroatoms. The van der Waals surface area contributed by atoms with Crippen LogP contribution >= 0.6 is 0 Å². The van der Waals surface area contributed by atoms with E-state index in [0.29, 0.717) is 19.1 Å². The van der Waals surface area contributed by atoms with Crippen LogP contribution in [-0.2, 0) is 14.9 Å². The molecule has 1 unspecified atom stereocenters. The topological polar surface area (TPSA) is 77.5 Å². The summed E-state index contributed by atoms with van der Waals surface area (Å²) in [7, 11) is -3.69. The van der Waals surface area contributed by atoms with Gasteiger partial charge in [-0.3, -0.25) is 0 Å².